The molecule has 2 amide bonds. The molecule has 0 saturated carbocycles. The number of thiophene rings is 1. The molecule has 2 rings (SSSR count). The van der Waals surface area contributed by atoms with E-state index >= 15 is 0 Å². The minimum absolute atomic E-state index is 0.201. The molecule has 5 nitrogen and oxygen atoms in total. The molecule has 0 spiro atoms. The second-order valence-corrected chi connectivity index (χ2v) is 5.47. The van der Waals surface area contributed by atoms with E-state index in [-0.39, 0.29) is 11.6 Å². The Morgan fingerprint density at radius 1 is 1.19 bits per heavy atom. The van der Waals surface area contributed by atoms with E-state index in [0.29, 0.717) is 17.8 Å². The van der Waals surface area contributed by atoms with Crippen molar-refractivity contribution in [2.75, 3.05) is 5.32 Å². The summed E-state index contributed by atoms with van der Waals surface area (Å²) in [6, 6.07) is 4.27. The number of carbonyl (C=O) groups excluding carboxylic acids is 1. The second-order valence-electron chi connectivity index (χ2n) is 4.72. The summed E-state index contributed by atoms with van der Waals surface area (Å²) in [6.45, 7) is 4.22. The smallest absolute Gasteiger partial charge is 0.335 e. The van der Waals surface area contributed by atoms with Crippen molar-refractivity contribution in [3.05, 3.63) is 51.2 Å². The van der Waals surface area contributed by atoms with Gasteiger partial charge < -0.3 is 15.7 Å². The number of nitrogens with one attached hydrogen (secondary N) is 2. The molecule has 110 valence electrons. The molecule has 0 aliphatic rings. The maximum Gasteiger partial charge on any atom is 0.335 e. The van der Waals surface area contributed by atoms with Gasteiger partial charge in [-0.2, -0.15) is 11.3 Å². The van der Waals surface area contributed by atoms with Crippen LogP contribution in [0.1, 0.15) is 27.0 Å². The Kier molecular flexibility index (Phi) is 4.59. The summed E-state index contributed by atoms with van der Waals surface area (Å²) in [5.74, 6) is -0.984. The molecule has 0 radical (unpaired) electrons. The highest BCUT2D eigenvalue weighted by molar-refractivity contribution is 7.08. The van der Waals surface area contributed by atoms with Crippen molar-refractivity contribution in [1.82, 2.24) is 5.32 Å². The van der Waals surface area contributed by atoms with Crippen LogP contribution in [0.5, 0.6) is 0 Å². The first-order chi connectivity index (χ1) is 9.97. The van der Waals surface area contributed by atoms with Gasteiger partial charge in [0.25, 0.3) is 0 Å². The van der Waals surface area contributed by atoms with Crippen LogP contribution in [0.4, 0.5) is 10.5 Å². The van der Waals surface area contributed by atoms with Crippen LogP contribution in [-0.4, -0.2) is 17.1 Å². The zero-order chi connectivity index (χ0) is 15.4. The molecule has 6 heteroatoms. The molecule has 0 aliphatic carbocycles. The number of amides is 2. The van der Waals surface area contributed by atoms with Gasteiger partial charge in [-0.3, -0.25) is 0 Å². The molecule has 0 saturated heterocycles. The van der Waals surface area contributed by atoms with E-state index in [1.807, 2.05) is 17.7 Å². The standard InChI is InChI=1S/C15H16N2O3S/c1-9-5-11(14(18)19)3-4-13(9)17-15(20)16-6-12-8-21-7-10(12)2/h3-5,7-8H,6H2,1-2H3,(H,18,19)(H2,16,17,20). The molecule has 0 fully saturated rings. The lowest BCUT2D eigenvalue weighted by Crippen LogP contribution is -2.28. The molecule has 1 heterocycles. The van der Waals surface area contributed by atoms with Gasteiger partial charge in [-0.25, -0.2) is 9.59 Å². The number of hydrogen-bond acceptors (Lipinski definition) is 3. The first-order valence-corrected chi connectivity index (χ1v) is 7.32. The zero-order valence-corrected chi connectivity index (χ0v) is 12.6. The molecule has 0 unspecified atom stereocenters. The number of urea groups is 1. The molecule has 3 N–H and O–H groups in total. The van der Waals surface area contributed by atoms with Crippen molar-refractivity contribution < 1.29 is 14.7 Å². The Bertz CT molecular complexity index is 679. The van der Waals surface area contributed by atoms with Crippen molar-refractivity contribution >= 4 is 29.0 Å². The predicted molar refractivity (Wildman–Crippen MR) is 83.1 cm³/mol. The summed E-state index contributed by atoms with van der Waals surface area (Å²) in [7, 11) is 0. The van der Waals surface area contributed by atoms with Crippen molar-refractivity contribution in [2.24, 2.45) is 0 Å². The van der Waals surface area contributed by atoms with Gasteiger partial charge in [-0.1, -0.05) is 0 Å². The zero-order valence-electron chi connectivity index (χ0n) is 11.8. The Morgan fingerprint density at radius 3 is 2.52 bits per heavy atom. The van der Waals surface area contributed by atoms with E-state index in [9.17, 15) is 9.59 Å². The van der Waals surface area contributed by atoms with Gasteiger partial charge in [0, 0.05) is 12.2 Å². The van der Waals surface area contributed by atoms with Gasteiger partial charge in [0.15, 0.2) is 0 Å². The van der Waals surface area contributed by atoms with E-state index in [2.05, 4.69) is 10.6 Å². The van der Waals surface area contributed by atoms with Crippen LogP contribution in [-0.2, 0) is 6.54 Å². The van der Waals surface area contributed by atoms with Gasteiger partial charge in [-0.05, 0) is 59.5 Å². The summed E-state index contributed by atoms with van der Waals surface area (Å²) in [5.41, 5.74) is 3.75. The molecular formula is C15H16N2O3S. The van der Waals surface area contributed by atoms with Gasteiger partial charge in [0.1, 0.15) is 0 Å². The summed E-state index contributed by atoms with van der Waals surface area (Å²) < 4.78 is 0. The summed E-state index contributed by atoms with van der Waals surface area (Å²) in [5, 5.41) is 18.4. The molecule has 2 aromatic rings. The van der Waals surface area contributed by atoms with E-state index < -0.39 is 5.97 Å². The third kappa shape index (κ3) is 3.82. The molecule has 0 atom stereocenters. The van der Waals surface area contributed by atoms with Gasteiger partial charge in [-0.15, -0.1) is 0 Å². The fraction of sp³-hybridized carbons (Fsp3) is 0.200. The van der Waals surface area contributed by atoms with Crippen LogP contribution < -0.4 is 10.6 Å². The number of aryl methyl sites for hydroxylation is 2. The van der Waals surface area contributed by atoms with Crippen LogP contribution in [0.3, 0.4) is 0 Å². The lowest BCUT2D eigenvalue weighted by atomic mass is 10.1. The Balaban J connectivity index is 1.96. The fourth-order valence-electron chi connectivity index (χ4n) is 1.85. The number of aromatic carboxylic acids is 1. The third-order valence-corrected chi connectivity index (χ3v) is 4.03. The molecule has 21 heavy (non-hydrogen) atoms. The number of anilines is 1. The van der Waals surface area contributed by atoms with Gasteiger partial charge in [0.05, 0.1) is 5.56 Å². The highest BCUT2D eigenvalue weighted by atomic mass is 32.1. The normalized spacial score (nSPS) is 10.2. The highest BCUT2D eigenvalue weighted by Crippen LogP contribution is 2.17. The maximum atomic E-state index is 11.9. The number of carbonyl (C=O) groups is 2. The SMILES string of the molecule is Cc1cscc1CNC(=O)Nc1ccc(C(=O)O)cc1C. The fourth-order valence-corrected chi connectivity index (χ4v) is 2.70. The molecular weight excluding hydrogens is 288 g/mol. The largest absolute Gasteiger partial charge is 0.478 e. The van der Waals surface area contributed by atoms with E-state index in [1.165, 1.54) is 12.1 Å². The average molecular weight is 304 g/mol. The summed E-state index contributed by atoms with van der Waals surface area (Å²) in [4.78, 5) is 22.7. The third-order valence-electron chi connectivity index (χ3n) is 3.12. The highest BCUT2D eigenvalue weighted by Gasteiger charge is 2.08. The van der Waals surface area contributed by atoms with Crippen LogP contribution in [0.15, 0.2) is 29.0 Å². The minimum atomic E-state index is -0.984. The maximum absolute atomic E-state index is 11.9. The predicted octanol–water partition coefficient (Wildman–Crippen LogP) is 3.38. The average Bonchev–Trinajstić information content (AvgIpc) is 2.84. The number of benzene rings is 1. The monoisotopic (exact) mass is 304 g/mol. The van der Waals surface area contributed by atoms with Gasteiger partial charge >= 0.3 is 12.0 Å². The molecule has 0 bridgehead atoms. The topological polar surface area (TPSA) is 78.4 Å². The van der Waals surface area contributed by atoms with Crippen LogP contribution in [0.2, 0.25) is 0 Å². The van der Waals surface area contributed by atoms with E-state index in [1.54, 1.807) is 24.3 Å². The van der Waals surface area contributed by atoms with Gasteiger partial charge in [0.2, 0.25) is 0 Å². The Hall–Kier alpha value is -2.34. The summed E-state index contributed by atoms with van der Waals surface area (Å²) in [6.07, 6.45) is 0. The van der Waals surface area contributed by atoms with Crippen molar-refractivity contribution in [1.29, 1.82) is 0 Å². The van der Waals surface area contributed by atoms with Crippen molar-refractivity contribution in [3.8, 4) is 0 Å². The van der Waals surface area contributed by atoms with E-state index in [0.717, 1.165) is 11.1 Å². The molecule has 1 aromatic carbocycles. The second kappa shape index (κ2) is 6.41. The first kappa shape index (κ1) is 15.1. The first-order valence-electron chi connectivity index (χ1n) is 6.38. The van der Waals surface area contributed by atoms with Crippen LogP contribution in [0.25, 0.3) is 0 Å². The van der Waals surface area contributed by atoms with E-state index in [4.69, 9.17) is 5.11 Å². The van der Waals surface area contributed by atoms with Crippen molar-refractivity contribution in [3.63, 3.8) is 0 Å². The van der Waals surface area contributed by atoms with Crippen molar-refractivity contribution in [2.45, 2.75) is 20.4 Å². The summed E-state index contributed by atoms with van der Waals surface area (Å²) >= 11 is 1.60. The Morgan fingerprint density at radius 2 is 1.95 bits per heavy atom. The lowest BCUT2D eigenvalue weighted by molar-refractivity contribution is 0.0697. The molecule has 0 aliphatic heterocycles. The van der Waals surface area contributed by atoms with Crippen LogP contribution in [0, 0.1) is 13.8 Å². The minimum Gasteiger partial charge on any atom is -0.478 e. The Labute approximate surface area is 126 Å². The number of carboxylic acids is 1. The number of rotatable bonds is 4. The number of carboxylic acid groups (broad SMARTS) is 1. The number of hydrogen-bond donors (Lipinski definition) is 3. The lowest BCUT2D eigenvalue weighted by Gasteiger charge is -2.10. The quantitative estimate of drug-likeness (QED) is 0.810. The molecule has 1 aromatic heterocycles. The van der Waals surface area contributed by atoms with Crippen LogP contribution >= 0.6 is 11.3 Å².